The lowest BCUT2D eigenvalue weighted by Gasteiger charge is -2.19. The number of halogens is 2. The second kappa shape index (κ2) is 7.13. The lowest BCUT2D eigenvalue weighted by molar-refractivity contribution is -0.132. The molecule has 0 aliphatic heterocycles. The van der Waals surface area contributed by atoms with Crippen molar-refractivity contribution in [3.8, 4) is 0 Å². The SMILES string of the molecule is CCOC(C(=O)Cc1ccc(Cl)c(Cl)c1)C(C)C. The van der Waals surface area contributed by atoms with Gasteiger partial charge in [-0.3, -0.25) is 4.79 Å². The van der Waals surface area contributed by atoms with E-state index in [1.165, 1.54) is 0 Å². The van der Waals surface area contributed by atoms with Crippen LogP contribution in [0.4, 0.5) is 0 Å². The fourth-order valence-electron chi connectivity index (χ4n) is 1.79. The summed E-state index contributed by atoms with van der Waals surface area (Å²) in [4.78, 5) is 12.1. The van der Waals surface area contributed by atoms with Crippen molar-refractivity contribution in [2.24, 2.45) is 5.92 Å². The lowest BCUT2D eigenvalue weighted by Crippen LogP contribution is -2.31. The predicted molar refractivity (Wildman–Crippen MR) is 75.4 cm³/mol. The number of ether oxygens (including phenoxy) is 1. The monoisotopic (exact) mass is 288 g/mol. The number of carbonyl (C=O) groups excluding carboxylic acids is 1. The van der Waals surface area contributed by atoms with Gasteiger partial charge in [0.1, 0.15) is 6.10 Å². The van der Waals surface area contributed by atoms with E-state index in [1.807, 2.05) is 26.8 Å². The smallest absolute Gasteiger partial charge is 0.166 e. The molecular formula is C14H18Cl2O2. The molecular weight excluding hydrogens is 271 g/mol. The average molecular weight is 289 g/mol. The molecule has 0 N–H and O–H groups in total. The summed E-state index contributed by atoms with van der Waals surface area (Å²) in [5, 5.41) is 0.970. The van der Waals surface area contributed by atoms with E-state index in [0.717, 1.165) is 5.56 Å². The van der Waals surface area contributed by atoms with Gasteiger partial charge in [-0.05, 0) is 30.5 Å². The van der Waals surface area contributed by atoms with Crippen LogP contribution in [0.2, 0.25) is 10.0 Å². The van der Waals surface area contributed by atoms with E-state index >= 15 is 0 Å². The van der Waals surface area contributed by atoms with Crippen molar-refractivity contribution in [3.05, 3.63) is 33.8 Å². The van der Waals surface area contributed by atoms with Gasteiger partial charge in [0.2, 0.25) is 0 Å². The summed E-state index contributed by atoms with van der Waals surface area (Å²) < 4.78 is 5.48. The topological polar surface area (TPSA) is 26.3 Å². The van der Waals surface area contributed by atoms with Gasteiger partial charge >= 0.3 is 0 Å². The number of ketones is 1. The van der Waals surface area contributed by atoms with E-state index in [0.29, 0.717) is 23.1 Å². The summed E-state index contributed by atoms with van der Waals surface area (Å²) >= 11 is 11.8. The van der Waals surface area contributed by atoms with E-state index in [2.05, 4.69) is 0 Å². The van der Waals surface area contributed by atoms with Crippen LogP contribution in [0, 0.1) is 5.92 Å². The van der Waals surface area contributed by atoms with Crippen molar-refractivity contribution in [3.63, 3.8) is 0 Å². The van der Waals surface area contributed by atoms with Crippen LogP contribution >= 0.6 is 23.2 Å². The van der Waals surface area contributed by atoms with Crippen LogP contribution < -0.4 is 0 Å². The minimum absolute atomic E-state index is 0.0743. The first-order chi connectivity index (χ1) is 8.45. The third-order valence-corrected chi connectivity index (χ3v) is 3.37. The molecule has 0 aromatic heterocycles. The first kappa shape index (κ1) is 15.5. The maximum atomic E-state index is 12.1. The third kappa shape index (κ3) is 4.27. The molecule has 1 unspecified atom stereocenters. The van der Waals surface area contributed by atoms with Gasteiger partial charge in [0, 0.05) is 13.0 Å². The molecule has 0 saturated carbocycles. The van der Waals surface area contributed by atoms with Gasteiger partial charge in [0.15, 0.2) is 5.78 Å². The molecule has 0 bridgehead atoms. The highest BCUT2D eigenvalue weighted by Gasteiger charge is 2.22. The Balaban J connectivity index is 2.76. The Hall–Kier alpha value is -0.570. The summed E-state index contributed by atoms with van der Waals surface area (Å²) in [6, 6.07) is 5.25. The molecule has 0 spiro atoms. The third-order valence-electron chi connectivity index (χ3n) is 2.63. The molecule has 1 atom stereocenters. The maximum Gasteiger partial charge on any atom is 0.166 e. The van der Waals surface area contributed by atoms with Crippen molar-refractivity contribution < 1.29 is 9.53 Å². The Kier molecular flexibility index (Phi) is 6.13. The molecule has 18 heavy (non-hydrogen) atoms. The van der Waals surface area contributed by atoms with Gasteiger partial charge in [0.05, 0.1) is 10.0 Å². The molecule has 0 heterocycles. The predicted octanol–water partition coefficient (Wildman–Crippen LogP) is 4.17. The Bertz CT molecular complexity index is 416. The number of rotatable bonds is 6. The fourth-order valence-corrected chi connectivity index (χ4v) is 2.11. The van der Waals surface area contributed by atoms with Crippen molar-refractivity contribution in [1.82, 2.24) is 0 Å². The molecule has 1 rings (SSSR count). The van der Waals surface area contributed by atoms with Crippen molar-refractivity contribution >= 4 is 29.0 Å². The number of Topliss-reactive ketones (excluding diaryl/α,β-unsaturated/α-hetero) is 1. The second-order valence-corrected chi connectivity index (χ2v) is 5.33. The van der Waals surface area contributed by atoms with Crippen molar-refractivity contribution in [2.75, 3.05) is 6.61 Å². The molecule has 0 amide bonds. The fraction of sp³-hybridized carbons (Fsp3) is 0.500. The minimum atomic E-state index is -0.357. The van der Waals surface area contributed by atoms with Crippen LogP contribution in [0.25, 0.3) is 0 Å². The van der Waals surface area contributed by atoms with Crippen LogP contribution in [-0.2, 0) is 16.0 Å². The van der Waals surface area contributed by atoms with Gasteiger partial charge in [0.25, 0.3) is 0 Å². The Labute approximate surface area is 118 Å². The van der Waals surface area contributed by atoms with E-state index in [-0.39, 0.29) is 17.8 Å². The first-order valence-corrected chi connectivity index (χ1v) is 6.79. The first-order valence-electron chi connectivity index (χ1n) is 6.04. The summed E-state index contributed by atoms with van der Waals surface area (Å²) in [6.45, 7) is 6.39. The van der Waals surface area contributed by atoms with Crippen LogP contribution in [0.15, 0.2) is 18.2 Å². The zero-order chi connectivity index (χ0) is 13.7. The second-order valence-electron chi connectivity index (χ2n) is 4.51. The standard InChI is InChI=1S/C14H18Cl2O2/c1-4-18-14(9(2)3)13(17)8-10-5-6-11(15)12(16)7-10/h5-7,9,14H,4,8H2,1-3H3. The van der Waals surface area contributed by atoms with Crippen LogP contribution in [-0.4, -0.2) is 18.5 Å². The van der Waals surface area contributed by atoms with Crippen LogP contribution in [0.5, 0.6) is 0 Å². The molecule has 2 nitrogen and oxygen atoms in total. The molecule has 0 aliphatic rings. The molecule has 100 valence electrons. The van der Waals surface area contributed by atoms with Gasteiger partial charge in [-0.1, -0.05) is 43.1 Å². The summed E-state index contributed by atoms with van der Waals surface area (Å²) in [5.41, 5.74) is 0.861. The Morgan fingerprint density at radius 3 is 2.44 bits per heavy atom. The molecule has 1 aromatic rings. The minimum Gasteiger partial charge on any atom is -0.370 e. The lowest BCUT2D eigenvalue weighted by atomic mass is 9.98. The molecule has 0 saturated heterocycles. The molecule has 0 radical (unpaired) electrons. The highest BCUT2D eigenvalue weighted by Crippen LogP contribution is 2.23. The van der Waals surface area contributed by atoms with E-state index < -0.39 is 0 Å². The zero-order valence-corrected chi connectivity index (χ0v) is 12.4. The quantitative estimate of drug-likeness (QED) is 0.785. The average Bonchev–Trinajstić information content (AvgIpc) is 2.30. The Morgan fingerprint density at radius 2 is 1.94 bits per heavy atom. The van der Waals surface area contributed by atoms with E-state index in [9.17, 15) is 4.79 Å². The van der Waals surface area contributed by atoms with Gasteiger partial charge in [-0.2, -0.15) is 0 Å². The highest BCUT2D eigenvalue weighted by atomic mass is 35.5. The molecule has 0 aliphatic carbocycles. The van der Waals surface area contributed by atoms with Crippen LogP contribution in [0.3, 0.4) is 0 Å². The van der Waals surface area contributed by atoms with Crippen molar-refractivity contribution in [1.29, 1.82) is 0 Å². The normalized spacial score (nSPS) is 12.8. The summed E-state index contributed by atoms with van der Waals surface area (Å²) in [7, 11) is 0. The number of carbonyl (C=O) groups is 1. The van der Waals surface area contributed by atoms with Crippen LogP contribution in [0.1, 0.15) is 26.3 Å². The summed E-state index contributed by atoms with van der Waals surface area (Å²) in [5.74, 6) is 0.241. The van der Waals surface area contributed by atoms with Gasteiger partial charge in [-0.25, -0.2) is 0 Å². The van der Waals surface area contributed by atoms with E-state index in [4.69, 9.17) is 27.9 Å². The number of benzene rings is 1. The summed E-state index contributed by atoms with van der Waals surface area (Å²) in [6.07, 6.45) is -0.0378. The number of hydrogen-bond acceptors (Lipinski definition) is 2. The van der Waals surface area contributed by atoms with Gasteiger partial charge in [-0.15, -0.1) is 0 Å². The molecule has 4 heteroatoms. The highest BCUT2D eigenvalue weighted by molar-refractivity contribution is 6.42. The van der Waals surface area contributed by atoms with Crippen molar-refractivity contribution in [2.45, 2.75) is 33.3 Å². The molecule has 1 aromatic carbocycles. The largest absolute Gasteiger partial charge is 0.370 e. The zero-order valence-electron chi connectivity index (χ0n) is 10.9. The molecule has 0 fully saturated rings. The van der Waals surface area contributed by atoms with Gasteiger partial charge < -0.3 is 4.74 Å². The number of hydrogen-bond donors (Lipinski definition) is 0. The van der Waals surface area contributed by atoms with E-state index in [1.54, 1.807) is 12.1 Å². The Morgan fingerprint density at radius 1 is 1.28 bits per heavy atom. The maximum absolute atomic E-state index is 12.1.